The van der Waals surface area contributed by atoms with E-state index in [1.165, 1.54) is 11.3 Å². The summed E-state index contributed by atoms with van der Waals surface area (Å²) in [7, 11) is 0. The molecule has 1 aliphatic rings. The molecular formula is C16H20N4O2S. The van der Waals surface area contributed by atoms with E-state index in [-0.39, 0.29) is 11.5 Å². The van der Waals surface area contributed by atoms with Gasteiger partial charge in [0.25, 0.3) is 11.5 Å². The molecule has 0 unspecified atom stereocenters. The van der Waals surface area contributed by atoms with Gasteiger partial charge in [-0.2, -0.15) is 0 Å². The second-order valence-electron chi connectivity index (χ2n) is 6.02. The number of rotatable bonds is 3. The van der Waals surface area contributed by atoms with Gasteiger partial charge in [0.05, 0.1) is 11.8 Å². The predicted octanol–water partition coefficient (Wildman–Crippen LogP) is 1.87. The summed E-state index contributed by atoms with van der Waals surface area (Å²) in [5, 5.41) is 1.79. The molecular weight excluding hydrogens is 312 g/mol. The van der Waals surface area contributed by atoms with Gasteiger partial charge in [0.15, 0.2) is 0 Å². The van der Waals surface area contributed by atoms with Crippen LogP contribution in [0.5, 0.6) is 0 Å². The fraction of sp³-hybridized carbons (Fsp3) is 0.500. The van der Waals surface area contributed by atoms with E-state index < -0.39 is 0 Å². The van der Waals surface area contributed by atoms with Crippen LogP contribution in [-0.2, 0) is 6.54 Å². The zero-order valence-corrected chi connectivity index (χ0v) is 14.2. The second kappa shape index (κ2) is 6.62. The van der Waals surface area contributed by atoms with Crippen LogP contribution in [0.4, 0.5) is 0 Å². The molecule has 6 nitrogen and oxygen atoms in total. The number of aromatic nitrogens is 3. The number of hydrogen-bond acceptors (Lipinski definition) is 5. The monoisotopic (exact) mass is 332 g/mol. The summed E-state index contributed by atoms with van der Waals surface area (Å²) in [6.07, 6.45) is 3.43. The van der Waals surface area contributed by atoms with Crippen LogP contribution >= 0.6 is 11.3 Å². The summed E-state index contributed by atoms with van der Waals surface area (Å²) in [4.78, 5) is 34.7. The lowest BCUT2D eigenvalue weighted by atomic mass is 9.96. The van der Waals surface area contributed by atoms with Crippen LogP contribution in [0.1, 0.15) is 34.6 Å². The van der Waals surface area contributed by atoms with Crippen LogP contribution in [0.2, 0.25) is 0 Å². The number of carbonyl (C=O) groups excluding carboxylic acids is 1. The molecule has 1 aliphatic heterocycles. The van der Waals surface area contributed by atoms with E-state index in [4.69, 9.17) is 0 Å². The van der Waals surface area contributed by atoms with Crippen molar-refractivity contribution < 1.29 is 4.79 Å². The fourth-order valence-corrected chi connectivity index (χ4v) is 3.41. The molecule has 122 valence electrons. The Labute approximate surface area is 138 Å². The summed E-state index contributed by atoms with van der Waals surface area (Å²) in [5.74, 6) is 0.408. The SMILES string of the molecule is Cc1ncn(CC2CCN(C(=O)c3cscn3)CC2)c(=O)c1C. The number of nitrogens with zero attached hydrogens (tertiary/aromatic N) is 4. The Morgan fingerprint density at radius 3 is 2.70 bits per heavy atom. The maximum absolute atomic E-state index is 12.3. The number of carbonyl (C=O) groups is 1. The first-order valence-corrected chi connectivity index (χ1v) is 8.70. The van der Waals surface area contributed by atoms with Gasteiger partial charge in [-0.15, -0.1) is 11.3 Å². The summed E-state index contributed by atoms with van der Waals surface area (Å²) < 4.78 is 1.70. The largest absolute Gasteiger partial charge is 0.337 e. The molecule has 1 fully saturated rings. The van der Waals surface area contributed by atoms with Crippen molar-refractivity contribution in [2.45, 2.75) is 33.2 Å². The smallest absolute Gasteiger partial charge is 0.273 e. The number of piperidine rings is 1. The van der Waals surface area contributed by atoms with Crippen molar-refractivity contribution in [3.05, 3.63) is 44.5 Å². The highest BCUT2D eigenvalue weighted by Crippen LogP contribution is 2.20. The van der Waals surface area contributed by atoms with Crippen molar-refractivity contribution in [3.63, 3.8) is 0 Å². The van der Waals surface area contributed by atoms with Gasteiger partial charge in [-0.05, 0) is 32.6 Å². The minimum Gasteiger partial charge on any atom is -0.337 e. The Kier molecular flexibility index (Phi) is 4.56. The molecule has 0 aliphatic carbocycles. The molecule has 1 saturated heterocycles. The first-order valence-electron chi connectivity index (χ1n) is 7.76. The van der Waals surface area contributed by atoms with Crippen molar-refractivity contribution in [2.75, 3.05) is 13.1 Å². The van der Waals surface area contributed by atoms with E-state index in [0.717, 1.165) is 18.5 Å². The van der Waals surface area contributed by atoms with Crippen LogP contribution in [0.3, 0.4) is 0 Å². The summed E-state index contributed by atoms with van der Waals surface area (Å²) >= 11 is 1.43. The van der Waals surface area contributed by atoms with Gasteiger partial charge < -0.3 is 4.90 Å². The normalized spacial score (nSPS) is 15.8. The molecule has 0 N–H and O–H groups in total. The van der Waals surface area contributed by atoms with E-state index in [2.05, 4.69) is 9.97 Å². The quantitative estimate of drug-likeness (QED) is 0.860. The van der Waals surface area contributed by atoms with Gasteiger partial charge in [-0.25, -0.2) is 9.97 Å². The maximum atomic E-state index is 12.3. The minimum atomic E-state index is 0.00899. The Morgan fingerprint density at radius 2 is 2.04 bits per heavy atom. The van der Waals surface area contributed by atoms with Crippen LogP contribution < -0.4 is 5.56 Å². The third kappa shape index (κ3) is 3.34. The first-order chi connectivity index (χ1) is 11.1. The molecule has 3 rings (SSSR count). The van der Waals surface area contributed by atoms with Gasteiger partial charge in [0, 0.05) is 36.3 Å². The topological polar surface area (TPSA) is 68.1 Å². The molecule has 0 saturated carbocycles. The van der Waals surface area contributed by atoms with Gasteiger partial charge in [0.1, 0.15) is 5.69 Å². The Balaban J connectivity index is 1.61. The molecule has 0 spiro atoms. The highest BCUT2D eigenvalue weighted by molar-refractivity contribution is 7.07. The van der Waals surface area contributed by atoms with Crippen molar-refractivity contribution >= 4 is 17.2 Å². The van der Waals surface area contributed by atoms with E-state index >= 15 is 0 Å². The standard InChI is InChI=1S/C16H20N4O2S/c1-11-12(2)17-9-20(15(11)21)7-13-3-5-19(6-4-13)16(22)14-8-23-10-18-14/h8-10,13H,3-7H2,1-2H3. The van der Waals surface area contributed by atoms with Crippen molar-refractivity contribution in [1.29, 1.82) is 0 Å². The number of amides is 1. The van der Waals surface area contributed by atoms with Gasteiger partial charge >= 0.3 is 0 Å². The van der Waals surface area contributed by atoms with E-state index in [1.54, 1.807) is 21.8 Å². The number of thiazole rings is 1. The fourth-order valence-electron chi connectivity index (χ4n) is 2.88. The van der Waals surface area contributed by atoms with Crippen molar-refractivity contribution in [3.8, 4) is 0 Å². The van der Waals surface area contributed by atoms with Gasteiger partial charge in [-0.1, -0.05) is 0 Å². The van der Waals surface area contributed by atoms with E-state index in [9.17, 15) is 9.59 Å². The highest BCUT2D eigenvalue weighted by atomic mass is 32.1. The Morgan fingerprint density at radius 1 is 1.30 bits per heavy atom. The molecule has 0 bridgehead atoms. The van der Waals surface area contributed by atoms with Crippen LogP contribution in [0, 0.1) is 19.8 Å². The van der Waals surface area contributed by atoms with E-state index in [1.807, 2.05) is 18.7 Å². The zero-order valence-electron chi connectivity index (χ0n) is 13.4. The number of aryl methyl sites for hydroxylation is 1. The van der Waals surface area contributed by atoms with Gasteiger partial charge in [-0.3, -0.25) is 14.2 Å². The van der Waals surface area contributed by atoms with Crippen molar-refractivity contribution in [2.24, 2.45) is 5.92 Å². The molecule has 0 radical (unpaired) electrons. The lowest BCUT2D eigenvalue weighted by Crippen LogP contribution is -2.40. The Bertz CT molecular complexity index is 746. The summed E-state index contributed by atoms with van der Waals surface area (Å²) in [6.45, 7) is 5.77. The van der Waals surface area contributed by atoms with Crippen LogP contribution in [0.25, 0.3) is 0 Å². The van der Waals surface area contributed by atoms with Crippen LogP contribution in [0.15, 0.2) is 22.0 Å². The number of likely N-dealkylation sites (tertiary alicyclic amines) is 1. The molecule has 23 heavy (non-hydrogen) atoms. The average Bonchev–Trinajstić information content (AvgIpc) is 3.10. The van der Waals surface area contributed by atoms with Crippen LogP contribution in [-0.4, -0.2) is 38.4 Å². The minimum absolute atomic E-state index is 0.00899. The summed E-state index contributed by atoms with van der Waals surface area (Å²) in [5.41, 5.74) is 3.75. The third-order valence-corrected chi connectivity index (χ3v) is 5.11. The molecule has 0 atom stereocenters. The highest BCUT2D eigenvalue weighted by Gasteiger charge is 2.25. The van der Waals surface area contributed by atoms with Crippen molar-refractivity contribution in [1.82, 2.24) is 19.4 Å². The zero-order chi connectivity index (χ0) is 16.4. The maximum Gasteiger partial charge on any atom is 0.273 e. The third-order valence-electron chi connectivity index (χ3n) is 4.52. The predicted molar refractivity (Wildman–Crippen MR) is 88.7 cm³/mol. The Hall–Kier alpha value is -2.02. The molecule has 2 aromatic heterocycles. The second-order valence-corrected chi connectivity index (χ2v) is 6.74. The van der Waals surface area contributed by atoms with Gasteiger partial charge in [0.2, 0.25) is 0 Å². The first kappa shape index (κ1) is 15.9. The summed E-state index contributed by atoms with van der Waals surface area (Å²) in [6, 6.07) is 0. The number of hydrogen-bond donors (Lipinski definition) is 0. The molecule has 3 heterocycles. The molecule has 0 aromatic carbocycles. The lowest BCUT2D eigenvalue weighted by molar-refractivity contribution is 0.0677. The molecule has 2 aromatic rings. The molecule has 7 heteroatoms. The molecule has 1 amide bonds. The van der Waals surface area contributed by atoms with E-state index in [0.29, 0.717) is 36.8 Å². The lowest BCUT2D eigenvalue weighted by Gasteiger charge is -2.31. The average molecular weight is 332 g/mol.